The van der Waals surface area contributed by atoms with Crippen LogP contribution in [0.3, 0.4) is 0 Å². The van der Waals surface area contributed by atoms with Gasteiger partial charge in [-0.2, -0.15) is 0 Å². The van der Waals surface area contributed by atoms with Gasteiger partial charge in [0, 0.05) is 43.9 Å². The van der Waals surface area contributed by atoms with Crippen LogP contribution in [0.25, 0.3) is 0 Å². The van der Waals surface area contributed by atoms with Crippen molar-refractivity contribution in [3.63, 3.8) is 0 Å². The molecule has 0 fully saturated rings. The molecule has 3 aromatic rings. The number of benzene rings is 3. The number of ketones is 3. The second-order valence-electron chi connectivity index (χ2n) is 11.8. The minimum atomic E-state index is 0.102. The van der Waals surface area contributed by atoms with E-state index >= 15 is 0 Å². The van der Waals surface area contributed by atoms with E-state index in [1.165, 1.54) is 18.4 Å². The molecule has 222 valence electrons. The highest BCUT2D eigenvalue weighted by atomic mass is 79.9. The normalized spacial score (nSPS) is 19.9. The SMILES string of the molecule is CC1Cc2cc(Cl)cc(Br)c2C1=O.CCCCc1cc(Cl)c2c(c1)CC(C)C2=O.Cc1ccc2c(c1Cl)C(=O)C(C)C2. The third-order valence-electron chi connectivity index (χ3n) is 8.27. The van der Waals surface area contributed by atoms with Gasteiger partial charge in [-0.1, -0.05) is 87.1 Å². The molecule has 0 heterocycles. The number of unbranched alkanes of at least 4 members (excludes halogenated alkanes) is 1. The monoisotopic (exact) mass is 688 g/mol. The minimum Gasteiger partial charge on any atom is -0.294 e. The quantitative estimate of drug-likeness (QED) is 0.275. The average molecular weight is 691 g/mol. The van der Waals surface area contributed by atoms with Gasteiger partial charge in [-0.15, -0.1) is 0 Å². The molecule has 0 amide bonds. The topological polar surface area (TPSA) is 51.2 Å². The zero-order valence-electron chi connectivity index (χ0n) is 24.7. The molecule has 0 saturated carbocycles. The van der Waals surface area contributed by atoms with Crippen molar-refractivity contribution in [1.82, 2.24) is 0 Å². The van der Waals surface area contributed by atoms with Gasteiger partial charge in [-0.3, -0.25) is 14.4 Å². The molecule has 7 heteroatoms. The van der Waals surface area contributed by atoms with Gasteiger partial charge < -0.3 is 0 Å². The summed E-state index contributed by atoms with van der Waals surface area (Å²) in [6, 6.07) is 11.8. The number of rotatable bonds is 3. The Hall–Kier alpha value is -1.98. The number of halogens is 4. The van der Waals surface area contributed by atoms with Crippen LogP contribution in [-0.2, 0) is 25.7 Å². The van der Waals surface area contributed by atoms with Crippen molar-refractivity contribution in [3.8, 4) is 0 Å². The Morgan fingerprint density at radius 3 is 1.90 bits per heavy atom. The first-order chi connectivity index (χ1) is 19.8. The molecule has 3 aliphatic carbocycles. The third-order valence-corrected chi connectivity index (χ3v) is 9.90. The molecule has 0 aliphatic heterocycles. The van der Waals surface area contributed by atoms with E-state index in [2.05, 4.69) is 28.9 Å². The highest BCUT2D eigenvalue weighted by Crippen LogP contribution is 2.36. The number of carbonyl (C=O) groups excluding carboxylic acids is 3. The molecule has 0 bridgehead atoms. The van der Waals surface area contributed by atoms with E-state index in [0.29, 0.717) is 15.1 Å². The highest BCUT2D eigenvalue weighted by molar-refractivity contribution is 9.10. The van der Waals surface area contributed by atoms with E-state index in [1.807, 2.05) is 52.0 Å². The van der Waals surface area contributed by atoms with E-state index in [9.17, 15) is 14.4 Å². The number of aryl methyl sites for hydroxylation is 2. The predicted molar refractivity (Wildman–Crippen MR) is 177 cm³/mol. The van der Waals surface area contributed by atoms with Gasteiger partial charge in [0.2, 0.25) is 0 Å². The summed E-state index contributed by atoms with van der Waals surface area (Å²) in [6.07, 6.45) is 5.93. The fraction of sp³-hybridized carbons (Fsp3) is 0.400. The molecule has 3 unspecified atom stereocenters. The summed E-state index contributed by atoms with van der Waals surface area (Å²) in [7, 11) is 0. The van der Waals surface area contributed by atoms with E-state index in [0.717, 1.165) is 69.1 Å². The largest absolute Gasteiger partial charge is 0.294 e. The molecule has 3 nitrogen and oxygen atoms in total. The van der Waals surface area contributed by atoms with Crippen LogP contribution in [0.5, 0.6) is 0 Å². The molecular weight excluding hydrogens is 655 g/mol. The van der Waals surface area contributed by atoms with Crippen LogP contribution in [0.4, 0.5) is 0 Å². The van der Waals surface area contributed by atoms with Crippen LogP contribution in [0, 0.1) is 24.7 Å². The van der Waals surface area contributed by atoms with Gasteiger partial charge in [0.1, 0.15) is 0 Å². The molecule has 0 aromatic heterocycles. The van der Waals surface area contributed by atoms with E-state index < -0.39 is 0 Å². The molecule has 42 heavy (non-hydrogen) atoms. The first-order valence-corrected chi connectivity index (χ1v) is 16.5. The third kappa shape index (κ3) is 6.88. The summed E-state index contributed by atoms with van der Waals surface area (Å²) in [5, 5.41) is 1.98. The maximum atomic E-state index is 11.9. The second-order valence-corrected chi connectivity index (χ2v) is 13.9. The van der Waals surface area contributed by atoms with Crippen molar-refractivity contribution in [2.45, 2.75) is 73.1 Å². The molecule has 0 N–H and O–H groups in total. The van der Waals surface area contributed by atoms with E-state index in [-0.39, 0.29) is 35.1 Å². The second kappa shape index (κ2) is 13.8. The van der Waals surface area contributed by atoms with Crippen LogP contribution in [0.15, 0.2) is 40.9 Å². The number of carbonyl (C=O) groups is 3. The van der Waals surface area contributed by atoms with Gasteiger partial charge in [-0.05, 0) is 101 Å². The maximum absolute atomic E-state index is 11.9. The molecule has 3 aromatic carbocycles. The van der Waals surface area contributed by atoms with Gasteiger partial charge in [-0.25, -0.2) is 0 Å². The number of Topliss-reactive ketones (excluding diaryl/α,β-unsaturated/α-hetero) is 3. The average Bonchev–Trinajstić information content (AvgIpc) is 3.50. The summed E-state index contributed by atoms with van der Waals surface area (Å²) in [4.78, 5) is 35.2. The van der Waals surface area contributed by atoms with Gasteiger partial charge >= 0.3 is 0 Å². The van der Waals surface area contributed by atoms with Crippen molar-refractivity contribution < 1.29 is 14.4 Å². The lowest BCUT2D eigenvalue weighted by Crippen LogP contribution is -2.03. The lowest BCUT2D eigenvalue weighted by atomic mass is 10.0. The van der Waals surface area contributed by atoms with Crippen molar-refractivity contribution >= 4 is 68.1 Å². The van der Waals surface area contributed by atoms with Crippen molar-refractivity contribution in [1.29, 1.82) is 0 Å². The molecule has 0 radical (unpaired) electrons. The summed E-state index contributed by atoms with van der Waals surface area (Å²) in [5.74, 6) is 0.942. The van der Waals surface area contributed by atoms with Gasteiger partial charge in [0.05, 0.1) is 10.0 Å². The standard InChI is InChI=1S/C14H17ClO.C11H11ClO.C10H8BrClO/c1-3-4-5-10-7-11-6-9(2)14(16)13(11)12(15)8-10;1-6-3-4-8-5-7(2)11(13)9(8)10(6)12;1-5-2-6-3-7(12)4-8(11)9(6)10(5)13/h7-9H,3-6H2,1-2H3;3-4,7H,5H2,1-2H3;3-5H,2H2,1H3. The van der Waals surface area contributed by atoms with Crippen LogP contribution in [0.1, 0.15) is 99.4 Å². The summed E-state index contributed by atoms with van der Waals surface area (Å²) >= 11 is 21.5. The maximum Gasteiger partial charge on any atom is 0.167 e. The molecule has 3 aliphatic rings. The number of hydrogen-bond acceptors (Lipinski definition) is 3. The highest BCUT2D eigenvalue weighted by Gasteiger charge is 2.31. The molecule has 6 rings (SSSR count). The first-order valence-electron chi connectivity index (χ1n) is 14.5. The van der Waals surface area contributed by atoms with Crippen LogP contribution in [0.2, 0.25) is 15.1 Å². The number of fused-ring (bicyclic) bond motifs is 3. The smallest absolute Gasteiger partial charge is 0.167 e. The van der Waals surface area contributed by atoms with E-state index in [1.54, 1.807) is 6.07 Å². The fourth-order valence-electron chi connectivity index (χ4n) is 5.92. The Morgan fingerprint density at radius 2 is 1.29 bits per heavy atom. The Bertz CT molecular complexity index is 1560. The van der Waals surface area contributed by atoms with Crippen LogP contribution in [-0.4, -0.2) is 17.3 Å². The van der Waals surface area contributed by atoms with Crippen molar-refractivity contribution in [3.05, 3.63) is 100 Å². The molecule has 3 atom stereocenters. The fourth-order valence-corrected chi connectivity index (χ4v) is 7.62. The molecular formula is C35H36BrCl3O3. The Kier molecular flexibility index (Phi) is 10.8. The lowest BCUT2D eigenvalue weighted by molar-refractivity contribution is 0.0938. The zero-order valence-corrected chi connectivity index (χ0v) is 28.5. The van der Waals surface area contributed by atoms with Crippen LogP contribution < -0.4 is 0 Å². The zero-order chi connectivity index (χ0) is 30.9. The summed E-state index contributed by atoms with van der Waals surface area (Å²) in [6.45, 7) is 9.99. The molecule has 0 spiro atoms. The summed E-state index contributed by atoms with van der Waals surface area (Å²) < 4.78 is 0.823. The van der Waals surface area contributed by atoms with Crippen molar-refractivity contribution in [2.75, 3.05) is 0 Å². The van der Waals surface area contributed by atoms with Crippen LogP contribution >= 0.6 is 50.7 Å². The van der Waals surface area contributed by atoms with Crippen molar-refractivity contribution in [2.24, 2.45) is 17.8 Å². The Labute approximate surface area is 272 Å². The Balaban J connectivity index is 0.000000146. The Morgan fingerprint density at radius 1 is 0.738 bits per heavy atom. The first kappa shape index (κ1) is 32.9. The number of hydrogen-bond donors (Lipinski definition) is 0. The molecule has 0 saturated heterocycles. The minimum absolute atomic E-state index is 0.102. The summed E-state index contributed by atoms with van der Waals surface area (Å²) in [5.41, 5.74) is 7.93. The van der Waals surface area contributed by atoms with E-state index in [4.69, 9.17) is 34.8 Å². The van der Waals surface area contributed by atoms with Gasteiger partial charge in [0.15, 0.2) is 17.3 Å². The predicted octanol–water partition coefficient (Wildman–Crippen LogP) is 10.6. The lowest BCUT2D eigenvalue weighted by Gasteiger charge is -2.06. The van der Waals surface area contributed by atoms with Gasteiger partial charge in [0.25, 0.3) is 0 Å².